The number of hydrazine groups is 2. The number of thiocarbonyl (C=S) groups is 2. The fraction of sp³-hybridized carbons (Fsp3) is 0.333. The summed E-state index contributed by atoms with van der Waals surface area (Å²) in [5.74, 6) is 10.9. The zero-order valence-electron chi connectivity index (χ0n) is 7.91. The van der Waals surface area contributed by atoms with Crippen molar-refractivity contribution in [2.24, 2.45) is 11.7 Å². The second-order valence-corrected chi connectivity index (χ2v) is 5.85. The Morgan fingerprint density at radius 1 is 0.938 bits per heavy atom. The summed E-state index contributed by atoms with van der Waals surface area (Å²) >= 11 is 11.9. The first-order valence-electron chi connectivity index (χ1n) is 3.92. The summed E-state index contributed by atoms with van der Waals surface area (Å²) in [6.07, 6.45) is 0. The first kappa shape index (κ1) is 13.8. The van der Waals surface area contributed by atoms with Gasteiger partial charge in [0.15, 0.2) is 8.64 Å². The van der Waals surface area contributed by atoms with Crippen LogP contribution in [0.25, 0.3) is 0 Å². The molecule has 0 aliphatic carbocycles. The Labute approximate surface area is 111 Å². The van der Waals surface area contributed by atoms with Gasteiger partial charge in [-0.15, -0.1) is 0 Å². The van der Waals surface area contributed by atoms with Crippen LogP contribution < -0.4 is 11.7 Å². The number of thioether (sulfide) groups is 2. The van der Waals surface area contributed by atoms with Gasteiger partial charge in [-0.1, -0.05) is 48.0 Å². The Hall–Kier alpha value is -0.260. The molecule has 0 unspecified atom stereocenters. The highest BCUT2D eigenvalue weighted by atomic mass is 32.2. The Bertz CT molecular complexity index is 294. The smallest absolute Gasteiger partial charge is 0.252 e. The molecule has 88 valence electrons. The van der Waals surface area contributed by atoms with Gasteiger partial charge in [0.05, 0.1) is 11.5 Å². The quantitative estimate of drug-likeness (QED) is 0.349. The molecule has 2 aliphatic heterocycles. The normalized spacial score (nSPS) is 20.4. The topological polar surface area (TPSA) is 92.7 Å². The van der Waals surface area contributed by atoms with E-state index in [9.17, 15) is 9.59 Å². The maximum absolute atomic E-state index is 10.5. The molecule has 2 rings (SSSR count). The van der Waals surface area contributed by atoms with Gasteiger partial charge in [0.25, 0.3) is 11.8 Å². The molecule has 6 nitrogen and oxygen atoms in total. The van der Waals surface area contributed by atoms with Crippen LogP contribution in [0.4, 0.5) is 0 Å². The van der Waals surface area contributed by atoms with E-state index >= 15 is 0 Å². The fourth-order valence-electron chi connectivity index (χ4n) is 0.729. The van der Waals surface area contributed by atoms with Crippen LogP contribution in [0.5, 0.6) is 0 Å². The number of carbonyl (C=O) groups excluding carboxylic acids is 2. The van der Waals surface area contributed by atoms with Gasteiger partial charge in [-0.3, -0.25) is 9.59 Å². The third-order valence-corrected chi connectivity index (χ3v) is 4.34. The molecule has 16 heavy (non-hydrogen) atoms. The zero-order valence-corrected chi connectivity index (χ0v) is 11.2. The standard InChI is InChI=1S/2C3H4N2OS2/c2*4-5-2(6)1-8-3(5)7/h2*1,4H2. The molecule has 2 fully saturated rings. The maximum Gasteiger partial charge on any atom is 0.252 e. The van der Waals surface area contributed by atoms with Crippen molar-refractivity contribution in [1.82, 2.24) is 10.0 Å². The van der Waals surface area contributed by atoms with Crippen molar-refractivity contribution in [2.75, 3.05) is 11.5 Å². The van der Waals surface area contributed by atoms with E-state index in [0.29, 0.717) is 20.1 Å². The van der Waals surface area contributed by atoms with Crippen LogP contribution in [0, 0.1) is 0 Å². The van der Waals surface area contributed by atoms with Crippen molar-refractivity contribution in [3.63, 3.8) is 0 Å². The number of hydrogen-bond donors (Lipinski definition) is 2. The average Bonchev–Trinajstić information content (AvgIpc) is 2.70. The number of nitrogens with two attached hydrogens (primary N) is 2. The predicted octanol–water partition coefficient (Wildman–Crippen LogP) is -0.559. The molecule has 0 spiro atoms. The molecule has 0 radical (unpaired) electrons. The van der Waals surface area contributed by atoms with Crippen molar-refractivity contribution in [1.29, 1.82) is 0 Å². The lowest BCUT2D eigenvalue weighted by Crippen LogP contribution is -2.34. The largest absolute Gasteiger partial charge is 0.272 e. The van der Waals surface area contributed by atoms with E-state index in [0.717, 1.165) is 10.0 Å². The molecule has 0 aromatic carbocycles. The summed E-state index contributed by atoms with van der Waals surface area (Å²) in [4.78, 5) is 21.0. The number of nitrogens with zero attached hydrogens (tertiary/aromatic N) is 2. The van der Waals surface area contributed by atoms with E-state index in [1.807, 2.05) is 0 Å². The first-order chi connectivity index (χ1) is 7.43. The number of amides is 2. The van der Waals surface area contributed by atoms with Crippen LogP contribution in [0.15, 0.2) is 0 Å². The van der Waals surface area contributed by atoms with E-state index in [4.69, 9.17) is 11.7 Å². The molecule has 0 aromatic heterocycles. The van der Waals surface area contributed by atoms with Gasteiger partial charge >= 0.3 is 0 Å². The van der Waals surface area contributed by atoms with Crippen molar-refractivity contribution in [3.8, 4) is 0 Å². The van der Waals surface area contributed by atoms with Gasteiger partial charge < -0.3 is 0 Å². The average molecular weight is 296 g/mol. The Morgan fingerprint density at radius 3 is 1.31 bits per heavy atom. The van der Waals surface area contributed by atoms with Crippen molar-refractivity contribution >= 4 is 68.4 Å². The van der Waals surface area contributed by atoms with Gasteiger partial charge in [-0.05, 0) is 0 Å². The molecule has 2 saturated heterocycles. The van der Waals surface area contributed by atoms with Crippen molar-refractivity contribution in [3.05, 3.63) is 0 Å². The van der Waals surface area contributed by atoms with Gasteiger partial charge in [0.1, 0.15) is 0 Å². The Kier molecular flexibility index (Phi) is 5.08. The second-order valence-electron chi connectivity index (χ2n) is 2.64. The van der Waals surface area contributed by atoms with E-state index in [1.165, 1.54) is 23.5 Å². The molecule has 2 amide bonds. The summed E-state index contributed by atoms with van der Waals surface area (Å²) in [5, 5.41) is 2.00. The van der Waals surface area contributed by atoms with Crippen LogP contribution in [0.1, 0.15) is 0 Å². The van der Waals surface area contributed by atoms with E-state index in [-0.39, 0.29) is 11.8 Å². The first-order valence-corrected chi connectivity index (χ1v) is 6.71. The van der Waals surface area contributed by atoms with Gasteiger partial charge in [-0.25, -0.2) is 21.7 Å². The summed E-state index contributed by atoms with van der Waals surface area (Å²) in [6, 6.07) is 0. The molecule has 0 bridgehead atoms. The summed E-state index contributed by atoms with van der Waals surface area (Å²) in [6.45, 7) is 0. The highest BCUT2D eigenvalue weighted by Crippen LogP contribution is 2.15. The fourth-order valence-corrected chi connectivity index (χ4v) is 2.54. The van der Waals surface area contributed by atoms with Crippen LogP contribution in [-0.4, -0.2) is 42.0 Å². The van der Waals surface area contributed by atoms with Crippen LogP contribution in [0.2, 0.25) is 0 Å². The minimum atomic E-state index is -0.111. The molecule has 0 saturated carbocycles. The molecule has 2 heterocycles. The summed E-state index contributed by atoms with van der Waals surface area (Å²) < 4.78 is 0.935. The zero-order chi connectivity index (χ0) is 12.3. The lowest BCUT2D eigenvalue weighted by molar-refractivity contribution is -0.125. The Balaban J connectivity index is 0.000000160. The van der Waals surface area contributed by atoms with E-state index < -0.39 is 0 Å². The molecule has 0 aromatic rings. The van der Waals surface area contributed by atoms with Gasteiger partial charge in [0, 0.05) is 0 Å². The molecular formula is C6H8N4O2S4. The number of hydrogen-bond acceptors (Lipinski definition) is 8. The highest BCUT2D eigenvalue weighted by molar-refractivity contribution is 8.24. The van der Waals surface area contributed by atoms with Crippen molar-refractivity contribution < 1.29 is 9.59 Å². The monoisotopic (exact) mass is 296 g/mol. The lowest BCUT2D eigenvalue weighted by Gasteiger charge is -2.02. The third kappa shape index (κ3) is 3.37. The summed E-state index contributed by atoms with van der Waals surface area (Å²) in [7, 11) is 0. The van der Waals surface area contributed by atoms with Crippen LogP contribution in [-0.2, 0) is 9.59 Å². The maximum atomic E-state index is 10.5. The predicted molar refractivity (Wildman–Crippen MR) is 72.2 cm³/mol. The SMILES string of the molecule is NN1C(=O)CSC1=S.NN1C(=O)CSC1=S. The Morgan fingerprint density at radius 2 is 1.25 bits per heavy atom. The third-order valence-electron chi connectivity index (χ3n) is 1.57. The molecule has 0 atom stereocenters. The minimum absolute atomic E-state index is 0.111. The number of carbonyl (C=O) groups is 2. The van der Waals surface area contributed by atoms with Crippen LogP contribution >= 0.6 is 48.0 Å². The number of rotatable bonds is 0. The van der Waals surface area contributed by atoms with E-state index in [1.54, 1.807) is 0 Å². The lowest BCUT2D eigenvalue weighted by atomic mass is 10.7. The molecule has 10 heteroatoms. The molecular weight excluding hydrogens is 288 g/mol. The van der Waals surface area contributed by atoms with E-state index in [2.05, 4.69) is 24.4 Å². The van der Waals surface area contributed by atoms with Gasteiger partial charge in [-0.2, -0.15) is 0 Å². The molecule has 2 aliphatic rings. The highest BCUT2D eigenvalue weighted by Gasteiger charge is 2.23. The molecule has 4 N–H and O–H groups in total. The van der Waals surface area contributed by atoms with Crippen LogP contribution in [0.3, 0.4) is 0 Å². The van der Waals surface area contributed by atoms with Gasteiger partial charge in [0.2, 0.25) is 0 Å². The minimum Gasteiger partial charge on any atom is -0.272 e. The summed E-state index contributed by atoms with van der Waals surface area (Å²) in [5.41, 5.74) is 0. The second kappa shape index (κ2) is 5.89. The van der Waals surface area contributed by atoms with Crippen molar-refractivity contribution in [2.45, 2.75) is 0 Å².